The monoisotopic (exact) mass is 424 g/mol. The first-order valence-electron chi connectivity index (χ1n) is 8.33. The van der Waals surface area contributed by atoms with Gasteiger partial charge in [-0.3, -0.25) is 4.79 Å². The van der Waals surface area contributed by atoms with E-state index in [1.54, 1.807) is 16.8 Å². The number of sulfone groups is 1. The Morgan fingerprint density at radius 1 is 1.37 bits per heavy atom. The SMILES string of the molecule is N[C@@H]1CS(=O)(=O)CC[C@@H]1NC(=O)c1cc(-c2cnn3ccccc23)c(Cl)s1. The molecule has 1 fully saturated rings. The average molecular weight is 425 g/mol. The zero-order valence-corrected chi connectivity index (χ0v) is 16.5. The molecule has 142 valence electrons. The van der Waals surface area contributed by atoms with Crippen molar-refractivity contribution >= 4 is 44.2 Å². The lowest BCUT2D eigenvalue weighted by Crippen LogP contribution is -2.54. The maximum atomic E-state index is 12.6. The van der Waals surface area contributed by atoms with Crippen molar-refractivity contribution in [1.82, 2.24) is 14.9 Å². The fourth-order valence-corrected chi connectivity index (χ4v) is 6.04. The Bertz CT molecular complexity index is 1120. The Morgan fingerprint density at radius 3 is 2.96 bits per heavy atom. The highest BCUT2D eigenvalue weighted by Gasteiger charge is 2.32. The van der Waals surface area contributed by atoms with Gasteiger partial charge in [0.15, 0.2) is 9.84 Å². The summed E-state index contributed by atoms with van der Waals surface area (Å²) < 4.78 is 25.5. The molecule has 0 radical (unpaired) electrons. The summed E-state index contributed by atoms with van der Waals surface area (Å²) in [6.07, 6.45) is 3.87. The van der Waals surface area contributed by atoms with Crippen molar-refractivity contribution in [3.8, 4) is 11.1 Å². The number of halogens is 1. The molecule has 1 aliphatic heterocycles. The summed E-state index contributed by atoms with van der Waals surface area (Å²) in [5, 5.41) is 7.14. The number of pyridine rings is 1. The second-order valence-corrected chi connectivity index (χ2v) is 10.4. The number of nitrogens with one attached hydrogen (secondary N) is 1. The van der Waals surface area contributed by atoms with Crippen LogP contribution < -0.4 is 11.1 Å². The Balaban J connectivity index is 1.57. The number of hydrogen-bond donors (Lipinski definition) is 2. The van der Waals surface area contributed by atoms with E-state index in [2.05, 4.69) is 10.4 Å². The van der Waals surface area contributed by atoms with Gasteiger partial charge < -0.3 is 11.1 Å². The third kappa shape index (κ3) is 3.60. The largest absolute Gasteiger partial charge is 0.347 e. The Labute approximate surface area is 165 Å². The number of amides is 1. The zero-order chi connectivity index (χ0) is 19.2. The fraction of sp³-hybridized carbons (Fsp3) is 0.294. The lowest BCUT2D eigenvalue weighted by atomic mass is 10.1. The number of fused-ring (bicyclic) bond motifs is 1. The summed E-state index contributed by atoms with van der Waals surface area (Å²) in [5.74, 6) is -0.384. The molecule has 4 heterocycles. The van der Waals surface area contributed by atoms with Crippen molar-refractivity contribution in [2.24, 2.45) is 5.73 Å². The number of aromatic nitrogens is 2. The van der Waals surface area contributed by atoms with Gasteiger partial charge in [-0.05, 0) is 24.6 Å². The van der Waals surface area contributed by atoms with E-state index in [4.69, 9.17) is 17.3 Å². The highest BCUT2D eigenvalue weighted by molar-refractivity contribution is 7.91. The van der Waals surface area contributed by atoms with Crippen LogP contribution in [0.1, 0.15) is 16.1 Å². The lowest BCUT2D eigenvalue weighted by Gasteiger charge is -2.29. The molecule has 0 aliphatic carbocycles. The maximum Gasteiger partial charge on any atom is 0.261 e. The molecule has 1 amide bonds. The van der Waals surface area contributed by atoms with Crippen molar-refractivity contribution in [1.29, 1.82) is 0 Å². The number of carbonyl (C=O) groups excluding carboxylic acids is 1. The minimum Gasteiger partial charge on any atom is -0.347 e. The molecule has 3 aromatic heterocycles. The van der Waals surface area contributed by atoms with Gasteiger partial charge in [-0.1, -0.05) is 17.7 Å². The number of rotatable bonds is 3. The highest BCUT2D eigenvalue weighted by atomic mass is 35.5. The molecule has 0 unspecified atom stereocenters. The minimum atomic E-state index is -3.12. The van der Waals surface area contributed by atoms with Gasteiger partial charge in [0.05, 0.1) is 28.1 Å². The van der Waals surface area contributed by atoms with Gasteiger partial charge in [-0.2, -0.15) is 5.10 Å². The summed E-state index contributed by atoms with van der Waals surface area (Å²) in [6.45, 7) is 0. The molecule has 3 aromatic rings. The zero-order valence-electron chi connectivity index (χ0n) is 14.1. The lowest BCUT2D eigenvalue weighted by molar-refractivity contribution is 0.0934. The van der Waals surface area contributed by atoms with Crippen LogP contribution in [0.5, 0.6) is 0 Å². The molecule has 1 aliphatic rings. The second kappa shape index (κ2) is 6.90. The van der Waals surface area contributed by atoms with Crippen LogP contribution in [0.25, 0.3) is 16.6 Å². The molecule has 3 N–H and O–H groups in total. The van der Waals surface area contributed by atoms with Gasteiger partial charge in [0.2, 0.25) is 0 Å². The van der Waals surface area contributed by atoms with Gasteiger partial charge in [0.25, 0.3) is 5.91 Å². The van der Waals surface area contributed by atoms with Gasteiger partial charge in [-0.15, -0.1) is 11.3 Å². The summed E-state index contributed by atoms with van der Waals surface area (Å²) in [5.41, 5.74) is 8.40. The quantitative estimate of drug-likeness (QED) is 0.668. The molecule has 1 saturated heterocycles. The summed E-state index contributed by atoms with van der Waals surface area (Å²) in [7, 11) is -3.12. The third-order valence-corrected chi connectivity index (χ3v) is 7.75. The van der Waals surface area contributed by atoms with Crippen molar-refractivity contribution < 1.29 is 13.2 Å². The summed E-state index contributed by atoms with van der Waals surface area (Å²) in [4.78, 5) is 13.1. The number of nitrogens with zero attached hydrogens (tertiary/aromatic N) is 2. The number of hydrogen-bond acceptors (Lipinski definition) is 6. The molecule has 7 nitrogen and oxygen atoms in total. The molecule has 4 rings (SSSR count). The van der Waals surface area contributed by atoms with E-state index in [9.17, 15) is 13.2 Å². The van der Waals surface area contributed by atoms with Crippen LogP contribution in [0.3, 0.4) is 0 Å². The van der Waals surface area contributed by atoms with Gasteiger partial charge >= 0.3 is 0 Å². The summed E-state index contributed by atoms with van der Waals surface area (Å²) >= 11 is 7.56. The first-order chi connectivity index (χ1) is 12.8. The molecular formula is C17H17ClN4O3S2. The second-order valence-electron chi connectivity index (χ2n) is 6.53. The standard InChI is InChI=1S/C17H17ClN4O3S2/c18-16-10(11-8-20-22-5-2-1-3-14(11)22)7-15(26-16)17(23)21-13-4-6-27(24,25)9-12(13)19/h1-3,5,7-8,12-13H,4,6,9,19H2,(H,21,23)/t12-,13+/m1/s1. The Morgan fingerprint density at radius 2 is 2.19 bits per heavy atom. The molecule has 0 bridgehead atoms. The first kappa shape index (κ1) is 18.4. The van der Waals surface area contributed by atoms with Crippen molar-refractivity contribution in [2.45, 2.75) is 18.5 Å². The Hall–Kier alpha value is -1.94. The topological polar surface area (TPSA) is 107 Å². The van der Waals surface area contributed by atoms with Crippen LogP contribution >= 0.6 is 22.9 Å². The van der Waals surface area contributed by atoms with Gasteiger partial charge in [0.1, 0.15) is 4.34 Å². The number of thiophene rings is 1. The third-order valence-electron chi connectivity index (χ3n) is 4.65. The minimum absolute atomic E-state index is 0.0322. The van der Waals surface area contributed by atoms with E-state index in [-0.39, 0.29) is 23.5 Å². The van der Waals surface area contributed by atoms with Crippen molar-refractivity contribution in [2.75, 3.05) is 11.5 Å². The normalized spacial score (nSPS) is 22.0. The average Bonchev–Trinajstić information content (AvgIpc) is 3.20. The molecule has 2 atom stereocenters. The van der Waals surface area contributed by atoms with Crippen molar-refractivity contribution in [3.05, 3.63) is 45.9 Å². The molecule has 0 saturated carbocycles. The number of nitrogens with two attached hydrogens (primary N) is 1. The fourth-order valence-electron chi connectivity index (χ4n) is 3.24. The molecular weight excluding hydrogens is 408 g/mol. The molecule has 0 spiro atoms. The summed E-state index contributed by atoms with van der Waals surface area (Å²) in [6, 6.07) is 6.47. The van der Waals surface area contributed by atoms with Gasteiger partial charge in [0, 0.05) is 29.4 Å². The molecule has 27 heavy (non-hydrogen) atoms. The first-order valence-corrected chi connectivity index (χ1v) is 11.3. The maximum absolute atomic E-state index is 12.6. The highest BCUT2D eigenvalue weighted by Crippen LogP contribution is 2.37. The van der Waals surface area contributed by atoms with E-state index in [0.717, 1.165) is 16.6 Å². The van der Waals surface area contributed by atoms with E-state index >= 15 is 0 Å². The number of carbonyl (C=O) groups is 1. The van der Waals surface area contributed by atoms with E-state index < -0.39 is 15.9 Å². The van der Waals surface area contributed by atoms with E-state index in [1.807, 2.05) is 24.4 Å². The van der Waals surface area contributed by atoms with E-state index in [0.29, 0.717) is 15.6 Å². The molecule has 0 aromatic carbocycles. The molecule has 10 heteroatoms. The van der Waals surface area contributed by atoms with Crippen LogP contribution in [-0.2, 0) is 9.84 Å². The van der Waals surface area contributed by atoms with Crippen LogP contribution in [0, 0.1) is 0 Å². The van der Waals surface area contributed by atoms with Crippen LogP contribution in [-0.4, -0.2) is 47.5 Å². The predicted molar refractivity (Wildman–Crippen MR) is 106 cm³/mol. The van der Waals surface area contributed by atoms with E-state index in [1.165, 1.54) is 11.3 Å². The van der Waals surface area contributed by atoms with Crippen LogP contribution in [0.4, 0.5) is 0 Å². The van der Waals surface area contributed by atoms with Gasteiger partial charge in [-0.25, -0.2) is 12.9 Å². The predicted octanol–water partition coefficient (Wildman–Crippen LogP) is 1.96. The van der Waals surface area contributed by atoms with Crippen LogP contribution in [0.2, 0.25) is 4.34 Å². The van der Waals surface area contributed by atoms with Crippen molar-refractivity contribution in [3.63, 3.8) is 0 Å². The smallest absolute Gasteiger partial charge is 0.261 e. The van der Waals surface area contributed by atoms with Crippen LogP contribution in [0.15, 0.2) is 36.7 Å². The Kier molecular flexibility index (Phi) is 4.71.